The number of amides is 3. The van der Waals surface area contributed by atoms with Crippen molar-refractivity contribution in [2.45, 2.75) is 71.1 Å². The Bertz CT molecular complexity index is 1480. The highest BCUT2D eigenvalue weighted by Crippen LogP contribution is 2.59. The molecule has 1 saturated heterocycles. The lowest BCUT2D eigenvalue weighted by Gasteiger charge is -2.27. The summed E-state index contributed by atoms with van der Waals surface area (Å²) in [5.74, 6) is -0.708. The van der Waals surface area contributed by atoms with Gasteiger partial charge < -0.3 is 14.6 Å². The van der Waals surface area contributed by atoms with Gasteiger partial charge in [0.1, 0.15) is 11.2 Å². The van der Waals surface area contributed by atoms with Gasteiger partial charge in [0.25, 0.3) is 5.91 Å². The average molecular weight is 543 g/mol. The number of rotatable bonds is 5. The number of nitrogens with one attached hydrogen (secondary N) is 1. The van der Waals surface area contributed by atoms with Crippen LogP contribution in [0.25, 0.3) is 11.0 Å². The van der Waals surface area contributed by atoms with Gasteiger partial charge in [0.05, 0.1) is 16.5 Å². The lowest BCUT2D eigenvalue weighted by atomic mass is 9.95. The molecular formula is C28H29F3N4O4. The largest absolute Gasteiger partial charge is 0.409 e. The highest BCUT2D eigenvalue weighted by Gasteiger charge is 2.64. The van der Waals surface area contributed by atoms with Crippen molar-refractivity contribution in [3.05, 3.63) is 53.7 Å². The van der Waals surface area contributed by atoms with Crippen LogP contribution in [-0.4, -0.2) is 44.5 Å². The Balaban J connectivity index is 1.42. The molecule has 0 unspecified atom stereocenters. The molecule has 0 radical (unpaired) electrons. The minimum absolute atomic E-state index is 0.0227. The molecular weight excluding hydrogens is 513 g/mol. The van der Waals surface area contributed by atoms with Crippen LogP contribution in [0.1, 0.15) is 58.6 Å². The van der Waals surface area contributed by atoms with E-state index in [1.54, 1.807) is 52.9 Å². The van der Waals surface area contributed by atoms with Crippen molar-refractivity contribution in [3.63, 3.8) is 0 Å². The van der Waals surface area contributed by atoms with E-state index in [1.165, 1.54) is 29.2 Å². The first-order valence-corrected chi connectivity index (χ1v) is 12.6. The minimum atomic E-state index is -4.36. The molecule has 5 rings (SSSR count). The molecule has 3 heterocycles. The summed E-state index contributed by atoms with van der Waals surface area (Å²) in [6, 6.07) is 8.23. The van der Waals surface area contributed by atoms with Crippen LogP contribution in [0.4, 0.5) is 23.7 Å². The summed E-state index contributed by atoms with van der Waals surface area (Å²) in [6.45, 7) is 8.50. The Labute approximate surface area is 223 Å². The van der Waals surface area contributed by atoms with Crippen molar-refractivity contribution < 1.29 is 32.3 Å². The number of hydrogen-bond acceptors (Lipinski definition) is 5. The smallest absolute Gasteiger partial charge is 0.398 e. The van der Waals surface area contributed by atoms with Crippen molar-refractivity contribution in [2.75, 3.05) is 4.90 Å². The van der Waals surface area contributed by atoms with Gasteiger partial charge in [-0.3, -0.25) is 9.59 Å². The number of ether oxygens (including phenoxy) is 1. The van der Waals surface area contributed by atoms with Gasteiger partial charge in [-0.1, -0.05) is 12.1 Å². The fraction of sp³-hybridized carbons (Fsp3) is 0.429. The number of fused-ring (bicyclic) bond motifs is 1. The van der Waals surface area contributed by atoms with Crippen LogP contribution in [0.5, 0.6) is 5.88 Å². The summed E-state index contributed by atoms with van der Waals surface area (Å²) in [7, 11) is 0. The van der Waals surface area contributed by atoms with Gasteiger partial charge in [-0.25, -0.2) is 14.7 Å². The fourth-order valence-corrected chi connectivity index (χ4v) is 4.79. The van der Waals surface area contributed by atoms with E-state index >= 15 is 0 Å². The first-order valence-electron chi connectivity index (χ1n) is 12.6. The molecule has 3 amide bonds. The molecule has 0 spiro atoms. The van der Waals surface area contributed by atoms with Crippen LogP contribution in [0.3, 0.4) is 0 Å². The molecule has 1 aromatic carbocycles. The molecule has 1 N–H and O–H groups in total. The van der Waals surface area contributed by atoms with Crippen molar-refractivity contribution in [3.8, 4) is 5.88 Å². The maximum absolute atomic E-state index is 13.5. The Morgan fingerprint density at radius 1 is 1.08 bits per heavy atom. The van der Waals surface area contributed by atoms with Gasteiger partial charge in [-0.05, 0) is 76.8 Å². The number of esters is 1. The number of carbonyl (C=O) groups is 3. The van der Waals surface area contributed by atoms with Gasteiger partial charge >= 0.3 is 18.2 Å². The number of pyridine rings is 1. The summed E-state index contributed by atoms with van der Waals surface area (Å²) in [6.07, 6.45) is -2.76. The zero-order chi connectivity index (χ0) is 28.5. The molecule has 0 atom stereocenters. The highest BCUT2D eigenvalue weighted by molar-refractivity contribution is 6.23. The van der Waals surface area contributed by atoms with E-state index in [2.05, 4.69) is 9.97 Å². The van der Waals surface area contributed by atoms with E-state index in [-0.39, 0.29) is 36.5 Å². The van der Waals surface area contributed by atoms with Crippen LogP contribution < -0.4 is 9.64 Å². The molecule has 206 valence electrons. The predicted molar refractivity (Wildman–Crippen MR) is 137 cm³/mol. The van der Waals surface area contributed by atoms with Crippen LogP contribution in [0, 0.1) is 5.41 Å². The maximum atomic E-state index is 13.5. The molecule has 11 heteroatoms. The number of alkyl halides is 3. The summed E-state index contributed by atoms with van der Waals surface area (Å²) < 4.78 is 46.1. The lowest BCUT2D eigenvalue weighted by Crippen LogP contribution is -2.43. The third-order valence-corrected chi connectivity index (χ3v) is 7.54. The van der Waals surface area contributed by atoms with Gasteiger partial charge in [0.15, 0.2) is 0 Å². The van der Waals surface area contributed by atoms with E-state index in [9.17, 15) is 27.6 Å². The second-order valence-electron chi connectivity index (χ2n) is 11.7. The first-order chi connectivity index (χ1) is 18.1. The quantitative estimate of drug-likeness (QED) is 0.322. The van der Waals surface area contributed by atoms with E-state index < -0.39 is 40.5 Å². The van der Waals surface area contributed by atoms with E-state index in [1.807, 2.05) is 0 Å². The van der Waals surface area contributed by atoms with Gasteiger partial charge in [0.2, 0.25) is 5.88 Å². The van der Waals surface area contributed by atoms with Crippen molar-refractivity contribution in [1.82, 2.24) is 14.9 Å². The summed E-state index contributed by atoms with van der Waals surface area (Å²) in [4.78, 5) is 48.9. The lowest BCUT2D eigenvalue weighted by molar-refractivity contribution is -0.160. The first kappa shape index (κ1) is 26.7. The maximum Gasteiger partial charge on any atom is 0.398 e. The molecule has 2 aromatic heterocycles. The number of halogens is 3. The van der Waals surface area contributed by atoms with Crippen LogP contribution in [0.15, 0.2) is 42.6 Å². The molecule has 0 bridgehead atoms. The molecule has 39 heavy (non-hydrogen) atoms. The zero-order valence-corrected chi connectivity index (χ0v) is 22.3. The number of H-pyrrole nitrogens is 1. The summed E-state index contributed by atoms with van der Waals surface area (Å²) in [5.41, 5.74) is -2.34. The normalized spacial score (nSPS) is 18.7. The molecule has 1 saturated carbocycles. The Morgan fingerprint density at radius 2 is 1.72 bits per heavy atom. The predicted octanol–water partition coefficient (Wildman–Crippen LogP) is 5.86. The van der Waals surface area contributed by atoms with Gasteiger partial charge in [-0.15, -0.1) is 0 Å². The summed E-state index contributed by atoms with van der Waals surface area (Å²) in [5, 5.41) is 0.620. The van der Waals surface area contributed by atoms with E-state index in [0.29, 0.717) is 16.6 Å². The van der Waals surface area contributed by atoms with Crippen LogP contribution >= 0.6 is 0 Å². The number of benzene rings is 1. The SMILES string of the molecule is CC(C)(C)C(=O)Oc1cc2c(CN3C(=O)N(c4ccc(C5(C(F)(F)F)CC5)cc4)C(=O)C3(C)C)ccnc2[nH]1. The Kier molecular flexibility index (Phi) is 5.86. The number of aromatic nitrogens is 2. The van der Waals surface area contributed by atoms with Crippen molar-refractivity contribution in [1.29, 1.82) is 0 Å². The van der Waals surface area contributed by atoms with Gasteiger partial charge in [-0.2, -0.15) is 13.2 Å². The third-order valence-electron chi connectivity index (χ3n) is 7.54. The molecule has 1 aliphatic carbocycles. The highest BCUT2D eigenvalue weighted by atomic mass is 19.4. The Morgan fingerprint density at radius 3 is 2.28 bits per heavy atom. The number of aromatic amines is 1. The Hall–Kier alpha value is -3.89. The summed E-state index contributed by atoms with van der Waals surface area (Å²) >= 11 is 0. The third kappa shape index (κ3) is 4.33. The molecule has 1 aliphatic heterocycles. The standard InChI is InChI=1S/C28H29F3N4O4/c1-25(2,3)23(37)39-20-14-19-16(10-13-32-21(19)33-20)15-34-24(38)35(22(36)26(34,4)5)18-8-6-17(7-9-18)27(11-12-27)28(29,30)31/h6-10,13-14H,11-12,15H2,1-5H3,(H,32,33). The topological polar surface area (TPSA) is 95.6 Å². The van der Waals surface area contributed by atoms with Gasteiger partial charge in [0, 0.05) is 24.2 Å². The van der Waals surface area contributed by atoms with E-state index in [4.69, 9.17) is 4.74 Å². The average Bonchev–Trinajstić information content (AvgIpc) is 3.53. The molecule has 3 aromatic rings. The van der Waals surface area contributed by atoms with E-state index in [0.717, 1.165) is 4.90 Å². The minimum Gasteiger partial charge on any atom is -0.409 e. The van der Waals surface area contributed by atoms with Crippen molar-refractivity contribution >= 4 is 34.6 Å². The fourth-order valence-electron chi connectivity index (χ4n) is 4.79. The van der Waals surface area contributed by atoms with Crippen LogP contribution in [-0.2, 0) is 21.5 Å². The number of urea groups is 1. The molecule has 8 nitrogen and oxygen atoms in total. The van der Waals surface area contributed by atoms with Crippen molar-refractivity contribution in [2.24, 2.45) is 5.41 Å². The number of imide groups is 1. The zero-order valence-electron chi connectivity index (χ0n) is 22.3. The number of nitrogens with zero attached hydrogens (tertiary/aromatic N) is 3. The number of anilines is 1. The molecule has 2 fully saturated rings. The second-order valence-corrected chi connectivity index (χ2v) is 11.7. The second kappa shape index (κ2) is 8.56. The number of carbonyl (C=O) groups excluding carboxylic acids is 3. The molecule has 2 aliphatic rings. The van der Waals surface area contributed by atoms with Crippen LogP contribution in [0.2, 0.25) is 0 Å². The number of hydrogen-bond donors (Lipinski definition) is 1. The monoisotopic (exact) mass is 542 g/mol.